The van der Waals surface area contributed by atoms with Gasteiger partial charge in [-0.05, 0) is 30.1 Å². The van der Waals surface area contributed by atoms with Crippen LogP contribution in [0, 0.1) is 17.3 Å². The molecule has 66 valence electrons. The summed E-state index contributed by atoms with van der Waals surface area (Å²) < 4.78 is 0. The average Bonchev–Trinajstić information content (AvgIpc) is 1.85. The van der Waals surface area contributed by atoms with E-state index < -0.39 is 0 Å². The first-order valence-electron chi connectivity index (χ1n) is 5.06. The van der Waals surface area contributed by atoms with E-state index in [0.717, 1.165) is 11.8 Å². The fraction of sp³-hybridized carbons (Fsp3) is 1.00. The van der Waals surface area contributed by atoms with Crippen molar-refractivity contribution in [1.82, 2.24) is 0 Å². The van der Waals surface area contributed by atoms with Crippen LogP contribution < -0.4 is 0 Å². The highest BCUT2D eigenvalue weighted by molar-refractivity contribution is 4.84. The van der Waals surface area contributed by atoms with E-state index in [-0.39, 0.29) is 0 Å². The van der Waals surface area contributed by atoms with E-state index in [2.05, 4.69) is 27.7 Å². The minimum absolute atomic E-state index is 0.617. The Hall–Kier alpha value is 0. The fourth-order valence-corrected chi connectivity index (χ4v) is 2.80. The molecule has 0 N–H and O–H groups in total. The Kier molecular flexibility index (Phi) is 2.61. The first-order valence-corrected chi connectivity index (χ1v) is 5.06. The highest BCUT2D eigenvalue weighted by Crippen LogP contribution is 2.44. The molecule has 0 aliphatic heterocycles. The number of rotatable bonds is 1. The van der Waals surface area contributed by atoms with Crippen molar-refractivity contribution in [2.45, 2.75) is 53.4 Å². The Morgan fingerprint density at radius 2 is 1.91 bits per heavy atom. The first-order chi connectivity index (χ1) is 5.06. The van der Waals surface area contributed by atoms with Crippen LogP contribution in [0.4, 0.5) is 0 Å². The van der Waals surface area contributed by atoms with Crippen molar-refractivity contribution in [2.75, 3.05) is 0 Å². The standard InChI is InChI=1S/C11H22/c1-5-10-7-6-9(2)8-11(10,3)4/h9-10H,5-8H2,1-4H3. The van der Waals surface area contributed by atoms with Gasteiger partial charge >= 0.3 is 0 Å². The summed E-state index contributed by atoms with van der Waals surface area (Å²) in [4.78, 5) is 0. The summed E-state index contributed by atoms with van der Waals surface area (Å²) in [6.45, 7) is 9.61. The van der Waals surface area contributed by atoms with Crippen LogP contribution >= 0.6 is 0 Å². The molecule has 1 aliphatic rings. The van der Waals surface area contributed by atoms with Crippen LogP contribution in [0.25, 0.3) is 0 Å². The zero-order chi connectivity index (χ0) is 8.48. The second-order valence-electron chi connectivity index (χ2n) is 4.98. The Labute approximate surface area is 71.4 Å². The zero-order valence-electron chi connectivity index (χ0n) is 8.48. The van der Waals surface area contributed by atoms with E-state index in [1.807, 2.05) is 0 Å². The Bertz CT molecular complexity index is 124. The van der Waals surface area contributed by atoms with E-state index >= 15 is 0 Å². The summed E-state index contributed by atoms with van der Waals surface area (Å²) in [7, 11) is 0. The van der Waals surface area contributed by atoms with Gasteiger partial charge in [0.1, 0.15) is 0 Å². The van der Waals surface area contributed by atoms with Crippen molar-refractivity contribution in [3.05, 3.63) is 0 Å². The lowest BCUT2D eigenvalue weighted by atomic mass is 9.65. The predicted molar refractivity (Wildman–Crippen MR) is 50.6 cm³/mol. The summed E-state index contributed by atoms with van der Waals surface area (Å²) in [6, 6.07) is 0. The average molecular weight is 154 g/mol. The van der Waals surface area contributed by atoms with Crippen LogP contribution in [0.3, 0.4) is 0 Å². The second kappa shape index (κ2) is 3.16. The molecule has 0 heteroatoms. The van der Waals surface area contributed by atoms with Crippen molar-refractivity contribution in [2.24, 2.45) is 17.3 Å². The third kappa shape index (κ3) is 1.98. The molecule has 2 unspecified atom stereocenters. The van der Waals surface area contributed by atoms with Gasteiger partial charge < -0.3 is 0 Å². The van der Waals surface area contributed by atoms with Gasteiger partial charge in [-0.15, -0.1) is 0 Å². The molecule has 1 fully saturated rings. The van der Waals surface area contributed by atoms with E-state index in [0.29, 0.717) is 5.41 Å². The Balaban J connectivity index is 2.56. The minimum Gasteiger partial charge on any atom is -0.0651 e. The molecule has 0 aromatic carbocycles. The lowest BCUT2D eigenvalue weighted by Crippen LogP contribution is -2.30. The largest absolute Gasteiger partial charge is 0.0651 e. The molecule has 0 aromatic rings. The molecule has 11 heavy (non-hydrogen) atoms. The molecule has 1 saturated carbocycles. The van der Waals surface area contributed by atoms with Crippen LogP contribution in [-0.4, -0.2) is 0 Å². The summed E-state index contributed by atoms with van der Waals surface area (Å²) in [5.41, 5.74) is 0.617. The van der Waals surface area contributed by atoms with Crippen LogP contribution in [-0.2, 0) is 0 Å². The van der Waals surface area contributed by atoms with Gasteiger partial charge in [0.25, 0.3) is 0 Å². The third-order valence-corrected chi connectivity index (χ3v) is 3.48. The van der Waals surface area contributed by atoms with Gasteiger partial charge in [0.2, 0.25) is 0 Å². The van der Waals surface area contributed by atoms with Gasteiger partial charge in [0, 0.05) is 0 Å². The van der Waals surface area contributed by atoms with Gasteiger partial charge in [0.15, 0.2) is 0 Å². The van der Waals surface area contributed by atoms with E-state index in [1.165, 1.54) is 25.7 Å². The van der Waals surface area contributed by atoms with Crippen molar-refractivity contribution in [3.63, 3.8) is 0 Å². The molecular weight excluding hydrogens is 132 g/mol. The Morgan fingerprint density at radius 3 is 2.36 bits per heavy atom. The molecule has 0 spiro atoms. The maximum absolute atomic E-state index is 2.44. The molecule has 0 radical (unpaired) electrons. The monoisotopic (exact) mass is 154 g/mol. The lowest BCUT2D eigenvalue weighted by Gasteiger charge is -2.41. The summed E-state index contributed by atoms with van der Waals surface area (Å²) in [5, 5.41) is 0. The van der Waals surface area contributed by atoms with Crippen molar-refractivity contribution >= 4 is 0 Å². The fourth-order valence-electron chi connectivity index (χ4n) is 2.80. The molecule has 0 bridgehead atoms. The zero-order valence-corrected chi connectivity index (χ0v) is 8.48. The quantitative estimate of drug-likeness (QED) is 0.538. The molecule has 0 amide bonds. The molecule has 0 heterocycles. The van der Waals surface area contributed by atoms with Gasteiger partial charge in [0.05, 0.1) is 0 Å². The van der Waals surface area contributed by atoms with E-state index in [9.17, 15) is 0 Å². The van der Waals surface area contributed by atoms with Crippen LogP contribution in [0.15, 0.2) is 0 Å². The Morgan fingerprint density at radius 1 is 1.27 bits per heavy atom. The SMILES string of the molecule is CCC1CCC(C)CC1(C)C. The van der Waals surface area contributed by atoms with Gasteiger partial charge in [-0.2, -0.15) is 0 Å². The highest BCUT2D eigenvalue weighted by Gasteiger charge is 2.33. The van der Waals surface area contributed by atoms with Gasteiger partial charge in [-0.1, -0.05) is 40.5 Å². The van der Waals surface area contributed by atoms with E-state index in [4.69, 9.17) is 0 Å². The minimum atomic E-state index is 0.617. The van der Waals surface area contributed by atoms with Crippen molar-refractivity contribution < 1.29 is 0 Å². The van der Waals surface area contributed by atoms with Gasteiger partial charge in [-0.3, -0.25) is 0 Å². The molecule has 0 nitrogen and oxygen atoms in total. The highest BCUT2D eigenvalue weighted by atomic mass is 14.4. The van der Waals surface area contributed by atoms with Crippen molar-refractivity contribution in [1.29, 1.82) is 0 Å². The second-order valence-corrected chi connectivity index (χ2v) is 4.98. The van der Waals surface area contributed by atoms with Crippen LogP contribution in [0.2, 0.25) is 0 Å². The van der Waals surface area contributed by atoms with Gasteiger partial charge in [-0.25, -0.2) is 0 Å². The summed E-state index contributed by atoms with van der Waals surface area (Å²) in [6.07, 6.45) is 5.73. The molecule has 1 rings (SSSR count). The molecular formula is C11H22. The molecule has 1 aliphatic carbocycles. The molecule has 0 aromatic heterocycles. The number of hydrogen-bond acceptors (Lipinski definition) is 0. The summed E-state index contributed by atoms with van der Waals surface area (Å²) >= 11 is 0. The normalized spacial score (nSPS) is 37.1. The number of hydrogen-bond donors (Lipinski definition) is 0. The van der Waals surface area contributed by atoms with Crippen molar-refractivity contribution in [3.8, 4) is 0 Å². The molecule has 2 atom stereocenters. The summed E-state index contributed by atoms with van der Waals surface area (Å²) in [5.74, 6) is 1.95. The maximum Gasteiger partial charge on any atom is -0.0323 e. The van der Waals surface area contributed by atoms with Crippen LogP contribution in [0.1, 0.15) is 53.4 Å². The van der Waals surface area contributed by atoms with Crippen LogP contribution in [0.5, 0.6) is 0 Å². The predicted octanol–water partition coefficient (Wildman–Crippen LogP) is 3.86. The third-order valence-electron chi connectivity index (χ3n) is 3.48. The lowest BCUT2D eigenvalue weighted by molar-refractivity contribution is 0.0984. The smallest absolute Gasteiger partial charge is 0.0323 e. The van der Waals surface area contributed by atoms with E-state index in [1.54, 1.807) is 0 Å². The maximum atomic E-state index is 2.44. The molecule has 0 saturated heterocycles. The first kappa shape index (κ1) is 9.09. The topological polar surface area (TPSA) is 0 Å².